The minimum Gasteiger partial charge on any atom is -0.327 e. The van der Waals surface area contributed by atoms with Crippen molar-refractivity contribution in [1.82, 2.24) is 0 Å². The van der Waals surface area contributed by atoms with E-state index in [9.17, 15) is 13.2 Å². The van der Waals surface area contributed by atoms with Crippen molar-refractivity contribution in [2.75, 3.05) is 0 Å². The van der Waals surface area contributed by atoms with Crippen LogP contribution in [-0.2, 0) is 6.42 Å². The summed E-state index contributed by atoms with van der Waals surface area (Å²) in [7, 11) is 0. The van der Waals surface area contributed by atoms with Crippen LogP contribution in [-0.4, -0.2) is 6.04 Å². The van der Waals surface area contributed by atoms with E-state index >= 15 is 0 Å². The lowest BCUT2D eigenvalue weighted by atomic mass is 10.0. The van der Waals surface area contributed by atoms with Gasteiger partial charge in [-0.25, -0.2) is 13.2 Å². The second-order valence-electron chi connectivity index (χ2n) is 4.80. The highest BCUT2D eigenvalue weighted by atomic mass is 32.2. The molecule has 0 aliphatic heterocycles. The average Bonchev–Trinajstić information content (AvgIpc) is 2.44. The van der Waals surface area contributed by atoms with Gasteiger partial charge in [-0.2, -0.15) is 0 Å². The number of benzene rings is 2. The fraction of sp³-hybridized carbons (Fsp3) is 0.250. The number of rotatable bonds is 5. The van der Waals surface area contributed by atoms with Crippen LogP contribution in [0.5, 0.6) is 0 Å². The van der Waals surface area contributed by atoms with Crippen molar-refractivity contribution in [2.24, 2.45) is 5.73 Å². The third kappa shape index (κ3) is 4.25. The zero-order valence-corrected chi connectivity index (χ0v) is 12.4. The molecular formula is C16H16F3NS. The summed E-state index contributed by atoms with van der Waals surface area (Å²) in [5, 5.41) is 0. The quantitative estimate of drug-likeness (QED) is 0.877. The number of hydrogen-bond donors (Lipinski definition) is 1. The molecule has 112 valence electrons. The Morgan fingerprint density at radius 1 is 1.00 bits per heavy atom. The van der Waals surface area contributed by atoms with E-state index in [1.807, 2.05) is 6.92 Å². The molecule has 1 unspecified atom stereocenters. The van der Waals surface area contributed by atoms with Crippen molar-refractivity contribution >= 4 is 11.8 Å². The average molecular weight is 311 g/mol. The molecule has 2 rings (SSSR count). The Balaban J connectivity index is 2.30. The maximum absolute atomic E-state index is 13.7. The molecule has 5 heteroatoms. The van der Waals surface area contributed by atoms with E-state index in [1.165, 1.54) is 24.3 Å². The molecule has 0 aromatic heterocycles. The van der Waals surface area contributed by atoms with Gasteiger partial charge in [-0.15, -0.1) is 0 Å². The molecule has 2 aromatic carbocycles. The van der Waals surface area contributed by atoms with Crippen molar-refractivity contribution in [3.63, 3.8) is 0 Å². The van der Waals surface area contributed by atoms with E-state index in [1.54, 1.807) is 6.07 Å². The van der Waals surface area contributed by atoms with E-state index in [0.29, 0.717) is 11.3 Å². The van der Waals surface area contributed by atoms with Crippen LogP contribution >= 0.6 is 11.8 Å². The van der Waals surface area contributed by atoms with Crippen LogP contribution in [0, 0.1) is 17.5 Å². The van der Waals surface area contributed by atoms with Gasteiger partial charge in [0.15, 0.2) is 0 Å². The molecule has 0 fully saturated rings. The first-order valence-electron chi connectivity index (χ1n) is 6.66. The van der Waals surface area contributed by atoms with Crippen molar-refractivity contribution in [1.29, 1.82) is 0 Å². The van der Waals surface area contributed by atoms with E-state index in [2.05, 4.69) is 0 Å². The Kier molecular flexibility index (Phi) is 5.31. The standard InChI is InChI=1S/C16H16F3NS/c1-2-13(20)8-10-7-11(17)3-5-15(10)21-16-6-4-12(18)9-14(16)19/h3-7,9,13H,2,8,20H2,1H3. The van der Waals surface area contributed by atoms with E-state index in [0.717, 1.165) is 34.7 Å². The fourth-order valence-electron chi connectivity index (χ4n) is 1.91. The second kappa shape index (κ2) is 7.00. The Bertz CT molecular complexity index is 631. The van der Waals surface area contributed by atoms with Crippen LogP contribution in [0.3, 0.4) is 0 Å². The van der Waals surface area contributed by atoms with Crippen LogP contribution in [0.25, 0.3) is 0 Å². The summed E-state index contributed by atoms with van der Waals surface area (Å²) in [5.41, 5.74) is 6.65. The van der Waals surface area contributed by atoms with E-state index in [-0.39, 0.29) is 11.9 Å². The molecule has 0 aliphatic rings. The molecule has 2 aromatic rings. The SMILES string of the molecule is CCC(N)Cc1cc(F)ccc1Sc1ccc(F)cc1F. The predicted octanol–water partition coefficient (Wildman–Crippen LogP) is 4.53. The third-order valence-corrected chi connectivity index (χ3v) is 4.31. The van der Waals surface area contributed by atoms with Gasteiger partial charge in [0.05, 0.1) is 0 Å². The second-order valence-corrected chi connectivity index (χ2v) is 5.89. The molecule has 0 aliphatic carbocycles. The topological polar surface area (TPSA) is 26.0 Å². The molecule has 1 atom stereocenters. The van der Waals surface area contributed by atoms with Crippen LogP contribution in [0.1, 0.15) is 18.9 Å². The summed E-state index contributed by atoms with van der Waals surface area (Å²) in [6.07, 6.45) is 1.28. The largest absolute Gasteiger partial charge is 0.327 e. The summed E-state index contributed by atoms with van der Waals surface area (Å²) in [5.74, 6) is -1.60. The Hall–Kier alpha value is -1.46. The van der Waals surface area contributed by atoms with Gasteiger partial charge in [0.1, 0.15) is 17.5 Å². The maximum atomic E-state index is 13.7. The summed E-state index contributed by atoms with van der Waals surface area (Å²) >= 11 is 1.15. The highest BCUT2D eigenvalue weighted by molar-refractivity contribution is 7.99. The first-order valence-corrected chi connectivity index (χ1v) is 7.48. The lowest BCUT2D eigenvalue weighted by Gasteiger charge is -2.13. The highest BCUT2D eigenvalue weighted by Crippen LogP contribution is 2.33. The Morgan fingerprint density at radius 3 is 2.24 bits per heavy atom. The Labute approximate surface area is 126 Å². The molecule has 1 nitrogen and oxygen atoms in total. The first-order chi connectivity index (χ1) is 9.99. The Morgan fingerprint density at radius 2 is 1.62 bits per heavy atom. The molecule has 2 N–H and O–H groups in total. The van der Waals surface area contributed by atoms with Gasteiger partial charge in [-0.1, -0.05) is 18.7 Å². The van der Waals surface area contributed by atoms with Gasteiger partial charge >= 0.3 is 0 Å². The van der Waals surface area contributed by atoms with Crippen molar-refractivity contribution in [2.45, 2.75) is 35.6 Å². The van der Waals surface area contributed by atoms with Gasteiger partial charge in [-0.05, 0) is 48.7 Å². The first kappa shape index (κ1) is 15.9. The van der Waals surface area contributed by atoms with Crippen LogP contribution in [0.4, 0.5) is 13.2 Å². The summed E-state index contributed by atoms with van der Waals surface area (Å²) in [6.45, 7) is 1.95. The van der Waals surface area contributed by atoms with Crippen molar-refractivity contribution in [3.05, 3.63) is 59.4 Å². The normalized spacial score (nSPS) is 12.4. The van der Waals surface area contributed by atoms with Gasteiger partial charge < -0.3 is 5.73 Å². The minimum absolute atomic E-state index is 0.0794. The third-order valence-electron chi connectivity index (χ3n) is 3.14. The zero-order valence-electron chi connectivity index (χ0n) is 11.6. The van der Waals surface area contributed by atoms with Crippen LogP contribution in [0.15, 0.2) is 46.2 Å². The lowest BCUT2D eigenvalue weighted by molar-refractivity contribution is 0.565. The molecule has 0 bridgehead atoms. The molecule has 21 heavy (non-hydrogen) atoms. The highest BCUT2D eigenvalue weighted by Gasteiger charge is 2.12. The summed E-state index contributed by atoms with van der Waals surface area (Å²) < 4.78 is 40.0. The molecule has 0 spiro atoms. The van der Waals surface area contributed by atoms with E-state index in [4.69, 9.17) is 5.73 Å². The predicted molar refractivity (Wildman–Crippen MR) is 78.9 cm³/mol. The minimum atomic E-state index is -0.630. The van der Waals surface area contributed by atoms with E-state index < -0.39 is 11.6 Å². The smallest absolute Gasteiger partial charge is 0.140 e. The lowest BCUT2D eigenvalue weighted by Crippen LogP contribution is -2.21. The molecule has 0 heterocycles. The van der Waals surface area contributed by atoms with Gasteiger partial charge in [0, 0.05) is 21.9 Å². The van der Waals surface area contributed by atoms with Crippen molar-refractivity contribution < 1.29 is 13.2 Å². The fourth-order valence-corrected chi connectivity index (χ4v) is 2.85. The van der Waals surface area contributed by atoms with Gasteiger partial charge in [0.2, 0.25) is 0 Å². The maximum Gasteiger partial charge on any atom is 0.140 e. The zero-order chi connectivity index (χ0) is 15.4. The summed E-state index contributed by atoms with van der Waals surface area (Å²) in [6, 6.07) is 7.67. The van der Waals surface area contributed by atoms with Gasteiger partial charge in [0.25, 0.3) is 0 Å². The summed E-state index contributed by atoms with van der Waals surface area (Å²) in [4.78, 5) is 1.03. The number of hydrogen-bond acceptors (Lipinski definition) is 2. The molecular weight excluding hydrogens is 295 g/mol. The molecule has 0 radical (unpaired) electrons. The molecule has 0 saturated heterocycles. The van der Waals surface area contributed by atoms with Gasteiger partial charge in [-0.3, -0.25) is 0 Å². The monoisotopic (exact) mass is 311 g/mol. The number of nitrogens with two attached hydrogens (primary N) is 1. The molecule has 0 amide bonds. The number of halogens is 3. The van der Waals surface area contributed by atoms with Crippen LogP contribution < -0.4 is 5.73 Å². The van der Waals surface area contributed by atoms with Crippen molar-refractivity contribution in [3.8, 4) is 0 Å². The molecule has 0 saturated carbocycles. The van der Waals surface area contributed by atoms with Crippen LogP contribution in [0.2, 0.25) is 0 Å².